The molecular weight excluding hydrogens is 599 g/mol. The Morgan fingerprint density at radius 2 is 1.29 bits per heavy atom. The molecule has 48 heavy (non-hydrogen) atoms. The average molecular weight is 667 g/mol. The number of benzene rings is 3. The monoisotopic (exact) mass is 667 g/mol. The van der Waals surface area contributed by atoms with Crippen molar-refractivity contribution in [3.05, 3.63) is 126 Å². The van der Waals surface area contributed by atoms with E-state index in [1.165, 1.54) is 22.3 Å². The summed E-state index contributed by atoms with van der Waals surface area (Å²) in [7, 11) is -1.47. The molecule has 262 valence electrons. The summed E-state index contributed by atoms with van der Waals surface area (Å²) < 4.78 is 5.82. The van der Waals surface area contributed by atoms with Crippen molar-refractivity contribution in [2.45, 2.75) is 122 Å². The smallest absolute Gasteiger partial charge is 0.419 e. The predicted octanol–water partition coefficient (Wildman–Crippen LogP) is 8.70. The summed E-state index contributed by atoms with van der Waals surface area (Å²) in [4.78, 5) is 0. The number of hydrogen-bond donors (Lipinski definition) is 2. The number of hydrogen-bond acceptors (Lipinski definition) is 3. The number of aliphatic hydroxyl groups is 2. The number of rotatable bonds is 17. The average Bonchev–Trinajstić information content (AvgIpc) is 3.08. The van der Waals surface area contributed by atoms with Crippen molar-refractivity contribution in [1.29, 1.82) is 0 Å². The molecule has 3 nitrogen and oxygen atoms in total. The van der Waals surface area contributed by atoms with E-state index in [1.807, 2.05) is 12.1 Å². The fraction of sp³-hybridized carbons (Fsp3) is 0.512. The first kappa shape index (κ1) is 46.1. The second kappa shape index (κ2) is 26.9. The number of allylic oxidation sites excluding steroid dienone is 2. The minimum atomic E-state index is -1.47. The Labute approximate surface area is 308 Å². The van der Waals surface area contributed by atoms with E-state index in [0.29, 0.717) is 16.9 Å². The summed E-state index contributed by atoms with van der Waals surface area (Å²) in [5.41, 5.74) is 5.57. The Morgan fingerprint density at radius 3 is 1.73 bits per heavy atom. The molecular formula is C43H67LiO3Si. The molecule has 2 unspecified atom stereocenters. The molecule has 3 rings (SSSR count). The molecule has 0 saturated carbocycles. The van der Waals surface area contributed by atoms with Crippen LogP contribution in [0, 0.1) is 6.92 Å². The van der Waals surface area contributed by atoms with Crippen molar-refractivity contribution in [3.8, 4) is 0 Å². The van der Waals surface area contributed by atoms with Gasteiger partial charge in [-0.2, -0.15) is 6.42 Å². The van der Waals surface area contributed by atoms with E-state index in [2.05, 4.69) is 140 Å². The van der Waals surface area contributed by atoms with Gasteiger partial charge in [0, 0.05) is 19.8 Å². The van der Waals surface area contributed by atoms with Gasteiger partial charge in [0.2, 0.25) is 0 Å². The third kappa shape index (κ3) is 19.9. The van der Waals surface area contributed by atoms with Gasteiger partial charge in [-0.25, -0.2) is 0 Å². The van der Waals surface area contributed by atoms with E-state index in [9.17, 15) is 5.11 Å². The van der Waals surface area contributed by atoms with Gasteiger partial charge in [-0.1, -0.05) is 137 Å². The Balaban J connectivity index is 0.000000903. The second-order valence-electron chi connectivity index (χ2n) is 14.1. The van der Waals surface area contributed by atoms with Crippen LogP contribution in [0.2, 0.25) is 18.1 Å². The maximum Gasteiger partial charge on any atom is 1.00 e. The largest absolute Gasteiger partial charge is 1.00 e. The Bertz CT molecular complexity index is 1180. The van der Waals surface area contributed by atoms with Gasteiger partial charge < -0.3 is 21.6 Å². The molecule has 0 heterocycles. The summed E-state index contributed by atoms with van der Waals surface area (Å²) in [5.74, 6) is 0.939. The van der Waals surface area contributed by atoms with Gasteiger partial charge in [-0.15, -0.1) is 0 Å². The minimum Gasteiger partial charge on any atom is -0.419 e. The van der Waals surface area contributed by atoms with Gasteiger partial charge in [-0.05, 0) is 98.5 Å². The van der Waals surface area contributed by atoms with Crippen LogP contribution in [0.5, 0.6) is 0 Å². The third-order valence-corrected chi connectivity index (χ3v) is 13.8. The van der Waals surface area contributed by atoms with Crippen molar-refractivity contribution in [2.75, 3.05) is 19.8 Å². The van der Waals surface area contributed by atoms with Gasteiger partial charge in [0.15, 0.2) is 8.32 Å². The topological polar surface area (TPSA) is 49.7 Å². The summed E-state index contributed by atoms with van der Waals surface area (Å²) in [5, 5.41) is 18.9. The van der Waals surface area contributed by atoms with Crippen LogP contribution in [0.25, 0.3) is 0 Å². The molecule has 0 aliphatic rings. The first-order valence-electron chi connectivity index (χ1n) is 17.9. The van der Waals surface area contributed by atoms with E-state index in [4.69, 9.17) is 9.53 Å². The van der Waals surface area contributed by atoms with Gasteiger partial charge in [0.1, 0.15) is 0 Å². The van der Waals surface area contributed by atoms with Crippen LogP contribution in [-0.2, 0) is 10.8 Å². The SMILES string of the molecule is C/C(=C/CC(CCCCO)c1ccccc1)CCC(CCO)c1ccccc1.CCc1ccccc1.[CH2-]CCO[Si](C)(C)C(C)(C)C.[Li+]. The molecule has 0 spiro atoms. The van der Waals surface area contributed by atoms with Crippen LogP contribution < -0.4 is 18.9 Å². The van der Waals surface area contributed by atoms with Crippen LogP contribution in [-0.4, -0.2) is 38.4 Å². The first-order valence-corrected chi connectivity index (χ1v) is 20.8. The first-order chi connectivity index (χ1) is 22.5. The van der Waals surface area contributed by atoms with Gasteiger partial charge in [0.25, 0.3) is 0 Å². The van der Waals surface area contributed by atoms with Crippen molar-refractivity contribution in [1.82, 2.24) is 0 Å². The molecule has 0 aliphatic carbocycles. The van der Waals surface area contributed by atoms with Crippen molar-refractivity contribution in [3.63, 3.8) is 0 Å². The van der Waals surface area contributed by atoms with E-state index in [0.717, 1.165) is 64.4 Å². The maximum atomic E-state index is 9.44. The molecule has 0 saturated heterocycles. The Morgan fingerprint density at radius 1 is 0.771 bits per heavy atom. The van der Waals surface area contributed by atoms with Crippen LogP contribution in [0.1, 0.15) is 115 Å². The van der Waals surface area contributed by atoms with Crippen LogP contribution >= 0.6 is 0 Å². The molecule has 2 atom stereocenters. The number of unbranched alkanes of at least 4 members (excludes halogenated alkanes) is 1. The van der Waals surface area contributed by atoms with E-state index < -0.39 is 8.32 Å². The minimum absolute atomic E-state index is 0. The summed E-state index contributed by atoms with van der Waals surface area (Å²) >= 11 is 0. The van der Waals surface area contributed by atoms with Crippen LogP contribution in [0.15, 0.2) is 103 Å². The van der Waals surface area contributed by atoms with E-state index in [1.54, 1.807) is 0 Å². The molecule has 0 aromatic heterocycles. The molecule has 0 amide bonds. The van der Waals surface area contributed by atoms with Crippen molar-refractivity contribution >= 4 is 8.32 Å². The Hall–Kier alpha value is -1.91. The third-order valence-electron chi connectivity index (χ3n) is 9.28. The number of aryl methyl sites for hydroxylation is 1. The van der Waals surface area contributed by atoms with Crippen molar-refractivity contribution < 1.29 is 33.5 Å². The zero-order chi connectivity index (χ0) is 35.0. The molecule has 2 N–H and O–H groups in total. The molecule has 0 radical (unpaired) electrons. The zero-order valence-electron chi connectivity index (χ0n) is 31.9. The second-order valence-corrected chi connectivity index (χ2v) is 18.9. The summed E-state index contributed by atoms with van der Waals surface area (Å²) in [6.45, 7) is 20.8. The van der Waals surface area contributed by atoms with Gasteiger partial charge >= 0.3 is 18.9 Å². The fourth-order valence-corrected chi connectivity index (χ4v) is 6.20. The molecule has 0 bridgehead atoms. The van der Waals surface area contributed by atoms with Crippen LogP contribution in [0.3, 0.4) is 0 Å². The molecule has 5 heteroatoms. The molecule has 3 aromatic rings. The normalized spacial score (nSPS) is 12.8. The maximum absolute atomic E-state index is 9.44. The standard InChI is InChI=1S/C26H36O2.C9H21OSi.C8H10.Li/c1-22(16-18-26(19-21-28)24-12-6-3-7-13-24)15-17-25(14-8-9-20-27)23-10-4-2-5-11-23;1-7-8-10-11(5,6)9(2,3)4;1-2-8-6-4-3-5-7-8;/h2-7,10-13,15,25-28H,8-9,14,16-21H2,1H3;1,7-8H2,2-6H3;3-7H,2H2,1H3;/q;-1;;+1/b22-15-;;;. The Kier molecular flexibility index (Phi) is 25.8. The van der Waals surface area contributed by atoms with Gasteiger partial charge in [0.05, 0.1) is 0 Å². The molecule has 3 aromatic carbocycles. The van der Waals surface area contributed by atoms with Gasteiger partial charge in [-0.3, -0.25) is 0 Å². The van der Waals surface area contributed by atoms with Crippen LogP contribution in [0.4, 0.5) is 0 Å². The molecule has 0 aliphatic heterocycles. The van der Waals surface area contributed by atoms with E-state index in [-0.39, 0.29) is 32.1 Å². The van der Waals surface area contributed by atoms with E-state index >= 15 is 0 Å². The fourth-order valence-electron chi connectivity index (χ4n) is 5.11. The molecule has 0 fully saturated rings. The zero-order valence-corrected chi connectivity index (χ0v) is 32.9. The predicted molar refractivity (Wildman–Crippen MR) is 208 cm³/mol. The van der Waals surface area contributed by atoms with Crippen molar-refractivity contribution in [2.24, 2.45) is 0 Å². The summed E-state index contributed by atoms with van der Waals surface area (Å²) in [6.07, 6.45) is 11.5. The number of aliphatic hydroxyl groups excluding tert-OH is 2. The quantitative estimate of drug-likeness (QED) is 0.0656. The summed E-state index contributed by atoms with van der Waals surface area (Å²) in [6, 6.07) is 31.8.